The van der Waals surface area contributed by atoms with Crippen molar-refractivity contribution in [1.29, 1.82) is 0 Å². The van der Waals surface area contributed by atoms with Crippen LogP contribution in [0.2, 0.25) is 0 Å². The number of hydrogen-bond donors (Lipinski definition) is 0. The lowest BCUT2D eigenvalue weighted by atomic mass is 9.78. The SMILES string of the molecule is CC=C(OC1CC(C)(C)N(COCC)C(C)(C)C1)C(=O)OC. The highest BCUT2D eigenvalue weighted by Crippen LogP contribution is 2.40. The molecular weight excluding hydrogens is 282 g/mol. The molecule has 0 atom stereocenters. The van der Waals surface area contributed by atoms with Gasteiger partial charge in [0.25, 0.3) is 0 Å². The summed E-state index contributed by atoms with van der Waals surface area (Å²) in [5, 5.41) is 0. The number of likely N-dealkylation sites (tertiary alicyclic amines) is 1. The second kappa shape index (κ2) is 7.47. The first-order chi connectivity index (χ1) is 10.2. The molecule has 0 aromatic heterocycles. The summed E-state index contributed by atoms with van der Waals surface area (Å²) < 4.78 is 16.3. The molecule has 1 heterocycles. The molecule has 0 unspecified atom stereocenters. The van der Waals surface area contributed by atoms with E-state index in [9.17, 15) is 4.79 Å². The third-order valence-electron chi connectivity index (χ3n) is 4.28. The molecule has 0 aromatic rings. The maximum Gasteiger partial charge on any atom is 0.372 e. The van der Waals surface area contributed by atoms with Gasteiger partial charge in [-0.15, -0.1) is 0 Å². The molecule has 128 valence electrons. The first-order valence-electron chi connectivity index (χ1n) is 7.94. The average Bonchev–Trinajstić information content (AvgIpc) is 2.41. The Balaban J connectivity index is 2.86. The maximum atomic E-state index is 11.7. The van der Waals surface area contributed by atoms with E-state index >= 15 is 0 Å². The van der Waals surface area contributed by atoms with E-state index in [2.05, 4.69) is 32.6 Å². The Morgan fingerprint density at radius 1 is 1.23 bits per heavy atom. The van der Waals surface area contributed by atoms with E-state index < -0.39 is 5.97 Å². The Kier molecular flexibility index (Phi) is 6.44. The van der Waals surface area contributed by atoms with Gasteiger partial charge in [0.05, 0.1) is 13.8 Å². The summed E-state index contributed by atoms with van der Waals surface area (Å²) in [6.45, 7) is 13.9. The molecule has 1 aliphatic heterocycles. The van der Waals surface area contributed by atoms with Gasteiger partial charge in [0, 0.05) is 30.5 Å². The van der Waals surface area contributed by atoms with Crippen LogP contribution in [0.15, 0.2) is 11.8 Å². The Hall–Kier alpha value is -1.07. The topological polar surface area (TPSA) is 48.0 Å². The minimum Gasteiger partial charge on any atom is -0.483 e. The third-order valence-corrected chi connectivity index (χ3v) is 4.28. The van der Waals surface area contributed by atoms with Crippen molar-refractivity contribution in [2.45, 2.75) is 71.6 Å². The number of carbonyl (C=O) groups is 1. The highest BCUT2D eigenvalue weighted by atomic mass is 16.6. The zero-order valence-electron chi connectivity index (χ0n) is 15.1. The zero-order chi connectivity index (χ0) is 17.0. The van der Waals surface area contributed by atoms with Gasteiger partial charge in [-0.3, -0.25) is 4.90 Å². The Bertz CT molecular complexity index is 397. The summed E-state index contributed by atoms with van der Waals surface area (Å²) in [5.41, 5.74) is -0.146. The second-order valence-electron chi connectivity index (χ2n) is 6.97. The Labute approximate surface area is 134 Å². The fourth-order valence-corrected chi connectivity index (χ4v) is 3.36. The van der Waals surface area contributed by atoms with Crippen LogP contribution in [0, 0.1) is 0 Å². The first kappa shape index (κ1) is 19.0. The number of allylic oxidation sites excluding steroid dienone is 1. The van der Waals surface area contributed by atoms with E-state index in [0.717, 1.165) is 12.8 Å². The molecule has 0 spiro atoms. The molecule has 22 heavy (non-hydrogen) atoms. The second-order valence-corrected chi connectivity index (χ2v) is 6.97. The third kappa shape index (κ3) is 4.46. The predicted molar refractivity (Wildman–Crippen MR) is 86.4 cm³/mol. The average molecular weight is 313 g/mol. The minimum atomic E-state index is -0.421. The molecule has 0 bridgehead atoms. The van der Waals surface area contributed by atoms with Gasteiger partial charge in [-0.2, -0.15) is 0 Å². The van der Waals surface area contributed by atoms with Crippen molar-refractivity contribution in [2.24, 2.45) is 0 Å². The van der Waals surface area contributed by atoms with Crippen LogP contribution in [0.4, 0.5) is 0 Å². The molecule has 0 amide bonds. The van der Waals surface area contributed by atoms with Gasteiger partial charge >= 0.3 is 5.97 Å². The van der Waals surface area contributed by atoms with Gasteiger partial charge in [-0.05, 0) is 47.6 Å². The zero-order valence-corrected chi connectivity index (χ0v) is 15.1. The van der Waals surface area contributed by atoms with Crippen LogP contribution in [-0.4, -0.2) is 48.5 Å². The van der Waals surface area contributed by atoms with Gasteiger partial charge in [0.2, 0.25) is 5.76 Å². The highest BCUT2D eigenvalue weighted by molar-refractivity contribution is 5.86. The maximum absolute atomic E-state index is 11.7. The molecular formula is C17H31NO4. The number of rotatable bonds is 6. The van der Waals surface area contributed by atoms with Gasteiger partial charge in [0.1, 0.15) is 6.10 Å². The van der Waals surface area contributed by atoms with Crippen LogP contribution in [0.3, 0.4) is 0 Å². The lowest BCUT2D eigenvalue weighted by Gasteiger charge is -2.54. The van der Waals surface area contributed by atoms with Crippen molar-refractivity contribution in [3.05, 3.63) is 11.8 Å². The van der Waals surface area contributed by atoms with E-state index in [1.807, 2.05) is 6.92 Å². The lowest BCUT2D eigenvalue weighted by molar-refractivity contribution is -0.152. The first-order valence-corrected chi connectivity index (χ1v) is 7.94. The molecule has 1 fully saturated rings. The number of hydrogen-bond acceptors (Lipinski definition) is 5. The fourth-order valence-electron chi connectivity index (χ4n) is 3.36. The van der Waals surface area contributed by atoms with E-state index in [-0.39, 0.29) is 22.9 Å². The van der Waals surface area contributed by atoms with E-state index in [0.29, 0.717) is 13.3 Å². The van der Waals surface area contributed by atoms with Crippen LogP contribution in [-0.2, 0) is 19.0 Å². The van der Waals surface area contributed by atoms with E-state index in [1.165, 1.54) is 7.11 Å². The van der Waals surface area contributed by atoms with Crippen LogP contribution < -0.4 is 0 Å². The van der Waals surface area contributed by atoms with Gasteiger partial charge in [-0.25, -0.2) is 4.79 Å². The minimum absolute atomic E-state index is 0.0202. The highest BCUT2D eigenvalue weighted by Gasteiger charge is 2.46. The molecule has 0 radical (unpaired) electrons. The van der Waals surface area contributed by atoms with Gasteiger partial charge in [0.15, 0.2) is 0 Å². The molecule has 1 rings (SSSR count). The van der Waals surface area contributed by atoms with Crippen molar-refractivity contribution in [3.63, 3.8) is 0 Å². The summed E-state index contributed by atoms with van der Waals surface area (Å²) in [6.07, 6.45) is 3.31. The summed E-state index contributed by atoms with van der Waals surface area (Å²) in [7, 11) is 1.37. The predicted octanol–water partition coefficient (Wildman–Crippen LogP) is 3.10. The van der Waals surface area contributed by atoms with Crippen molar-refractivity contribution in [1.82, 2.24) is 4.90 Å². The molecule has 0 N–H and O–H groups in total. The Morgan fingerprint density at radius 3 is 2.18 bits per heavy atom. The number of methoxy groups -OCH3 is 1. The van der Waals surface area contributed by atoms with Crippen LogP contribution in [0.25, 0.3) is 0 Å². The summed E-state index contributed by atoms with van der Waals surface area (Å²) in [6, 6.07) is 0. The van der Waals surface area contributed by atoms with Gasteiger partial charge < -0.3 is 14.2 Å². The van der Waals surface area contributed by atoms with Crippen molar-refractivity contribution in [2.75, 3.05) is 20.4 Å². The molecule has 5 nitrogen and oxygen atoms in total. The van der Waals surface area contributed by atoms with Crippen LogP contribution >= 0.6 is 0 Å². The van der Waals surface area contributed by atoms with E-state index in [1.54, 1.807) is 13.0 Å². The number of carbonyl (C=O) groups excluding carboxylic acids is 1. The quantitative estimate of drug-likeness (QED) is 0.428. The lowest BCUT2D eigenvalue weighted by Crippen LogP contribution is -2.62. The number of ether oxygens (including phenoxy) is 3. The number of piperidine rings is 1. The van der Waals surface area contributed by atoms with Crippen LogP contribution in [0.5, 0.6) is 0 Å². The molecule has 0 saturated carbocycles. The molecule has 1 saturated heterocycles. The summed E-state index contributed by atoms with van der Waals surface area (Å²) >= 11 is 0. The summed E-state index contributed by atoms with van der Waals surface area (Å²) in [5.74, 6) is -0.132. The van der Waals surface area contributed by atoms with Crippen molar-refractivity contribution < 1.29 is 19.0 Å². The normalized spacial score (nSPS) is 22.4. The van der Waals surface area contributed by atoms with Crippen molar-refractivity contribution >= 4 is 5.97 Å². The van der Waals surface area contributed by atoms with Gasteiger partial charge in [-0.1, -0.05) is 0 Å². The molecule has 1 aliphatic rings. The fraction of sp³-hybridized carbons (Fsp3) is 0.824. The number of nitrogens with zero attached hydrogens (tertiary/aromatic N) is 1. The molecule has 0 aliphatic carbocycles. The monoisotopic (exact) mass is 313 g/mol. The molecule has 0 aromatic carbocycles. The summed E-state index contributed by atoms with van der Waals surface area (Å²) in [4.78, 5) is 14.1. The molecule has 5 heteroatoms. The Morgan fingerprint density at radius 2 is 1.77 bits per heavy atom. The smallest absolute Gasteiger partial charge is 0.372 e. The van der Waals surface area contributed by atoms with Crippen LogP contribution in [0.1, 0.15) is 54.4 Å². The largest absolute Gasteiger partial charge is 0.483 e. The van der Waals surface area contributed by atoms with E-state index in [4.69, 9.17) is 14.2 Å². The number of esters is 1. The van der Waals surface area contributed by atoms with Crippen molar-refractivity contribution in [3.8, 4) is 0 Å². The standard InChI is InChI=1S/C17H31NO4/c1-8-14(15(19)20-7)22-13-10-16(3,4)18(12-21-9-2)17(5,6)11-13/h8,13H,9-12H2,1-7H3.